The molecule has 0 spiro atoms. The fourth-order valence-corrected chi connectivity index (χ4v) is 2.82. The van der Waals surface area contributed by atoms with Crippen LogP contribution in [0, 0.1) is 0 Å². The Hall–Kier alpha value is -1.48. The lowest BCUT2D eigenvalue weighted by molar-refractivity contribution is -0.134. The quantitative estimate of drug-likeness (QED) is 0.842. The van der Waals surface area contributed by atoms with Gasteiger partial charge in [0.15, 0.2) is 0 Å². The zero-order valence-corrected chi connectivity index (χ0v) is 11.8. The standard InChI is InChI=1S/C11H15F3N2O3S/c1-3-19-9-5-4-8(15)6-10(9)20(17,18)16(2)7-11(12,13)14/h4-6H,3,7,15H2,1-2H3. The number of halogens is 3. The molecule has 0 aliphatic heterocycles. The number of nitrogens with two attached hydrogens (primary N) is 1. The monoisotopic (exact) mass is 312 g/mol. The van der Waals surface area contributed by atoms with Gasteiger partial charge in [0.2, 0.25) is 10.0 Å². The van der Waals surface area contributed by atoms with Crippen LogP contribution in [0.2, 0.25) is 0 Å². The molecule has 0 fully saturated rings. The van der Waals surface area contributed by atoms with Crippen molar-refractivity contribution >= 4 is 15.7 Å². The molecule has 1 aromatic rings. The van der Waals surface area contributed by atoms with E-state index in [2.05, 4.69) is 0 Å². The molecule has 0 aliphatic carbocycles. The molecule has 9 heteroatoms. The third-order valence-electron chi connectivity index (χ3n) is 2.36. The minimum Gasteiger partial charge on any atom is -0.492 e. The SMILES string of the molecule is CCOc1ccc(N)cc1S(=O)(=O)N(C)CC(F)(F)F. The lowest BCUT2D eigenvalue weighted by Crippen LogP contribution is -2.36. The summed E-state index contributed by atoms with van der Waals surface area (Å²) in [4.78, 5) is -0.383. The first-order chi connectivity index (χ1) is 9.08. The minimum absolute atomic E-state index is 0.0317. The molecule has 0 radical (unpaired) electrons. The number of nitrogen functional groups attached to an aromatic ring is 1. The Kier molecular flexibility index (Phi) is 4.87. The third-order valence-corrected chi connectivity index (χ3v) is 4.18. The van der Waals surface area contributed by atoms with Gasteiger partial charge >= 0.3 is 6.18 Å². The summed E-state index contributed by atoms with van der Waals surface area (Å²) in [6, 6.07) is 3.80. The van der Waals surface area contributed by atoms with Crippen LogP contribution in [0.4, 0.5) is 18.9 Å². The Morgan fingerprint density at radius 2 is 1.95 bits per heavy atom. The first-order valence-corrected chi connectivity index (χ1v) is 7.07. The molecule has 0 saturated carbocycles. The Morgan fingerprint density at radius 1 is 1.35 bits per heavy atom. The maximum Gasteiger partial charge on any atom is 0.402 e. The summed E-state index contributed by atoms with van der Waals surface area (Å²) in [5.74, 6) is -0.0317. The molecule has 1 aromatic carbocycles. The number of hydrogen-bond donors (Lipinski definition) is 1. The van der Waals surface area contributed by atoms with Crippen molar-refractivity contribution in [1.29, 1.82) is 0 Å². The van der Waals surface area contributed by atoms with Crippen LogP contribution in [0.5, 0.6) is 5.75 Å². The summed E-state index contributed by atoms with van der Waals surface area (Å²) in [5.41, 5.74) is 5.60. The smallest absolute Gasteiger partial charge is 0.402 e. The molecule has 0 heterocycles. The van der Waals surface area contributed by atoms with Crippen molar-refractivity contribution in [1.82, 2.24) is 4.31 Å². The highest BCUT2D eigenvalue weighted by Crippen LogP contribution is 2.30. The molecule has 0 saturated heterocycles. The van der Waals surface area contributed by atoms with E-state index in [-0.39, 0.29) is 27.2 Å². The van der Waals surface area contributed by atoms with Gasteiger partial charge in [-0.3, -0.25) is 0 Å². The van der Waals surface area contributed by atoms with Crippen molar-refractivity contribution in [3.8, 4) is 5.75 Å². The molecule has 0 atom stereocenters. The van der Waals surface area contributed by atoms with E-state index in [1.54, 1.807) is 6.92 Å². The molecule has 5 nitrogen and oxygen atoms in total. The molecule has 114 valence electrons. The number of ether oxygens (including phenoxy) is 1. The fourth-order valence-electron chi connectivity index (χ4n) is 1.51. The highest BCUT2D eigenvalue weighted by atomic mass is 32.2. The zero-order chi connectivity index (χ0) is 15.6. The van der Waals surface area contributed by atoms with Gasteiger partial charge in [-0.2, -0.15) is 17.5 Å². The van der Waals surface area contributed by atoms with E-state index in [4.69, 9.17) is 10.5 Å². The van der Waals surface area contributed by atoms with Gasteiger partial charge in [-0.1, -0.05) is 0 Å². The number of rotatable bonds is 5. The van der Waals surface area contributed by atoms with Crippen LogP contribution in [0.1, 0.15) is 6.92 Å². The van der Waals surface area contributed by atoms with E-state index in [9.17, 15) is 21.6 Å². The Balaban J connectivity index is 3.23. The Bertz CT molecular complexity index is 573. The van der Waals surface area contributed by atoms with Crippen LogP contribution >= 0.6 is 0 Å². The van der Waals surface area contributed by atoms with Crippen molar-refractivity contribution in [3.63, 3.8) is 0 Å². The van der Waals surface area contributed by atoms with E-state index in [0.29, 0.717) is 0 Å². The van der Waals surface area contributed by atoms with Crippen molar-refractivity contribution in [2.45, 2.75) is 18.0 Å². The number of anilines is 1. The van der Waals surface area contributed by atoms with Gasteiger partial charge in [-0.05, 0) is 25.1 Å². The van der Waals surface area contributed by atoms with Crippen LogP contribution in [0.3, 0.4) is 0 Å². The topological polar surface area (TPSA) is 72.6 Å². The van der Waals surface area contributed by atoms with Crippen LogP contribution < -0.4 is 10.5 Å². The average Bonchev–Trinajstić information content (AvgIpc) is 2.29. The first kappa shape index (κ1) is 16.6. The summed E-state index contributed by atoms with van der Waals surface area (Å²) >= 11 is 0. The first-order valence-electron chi connectivity index (χ1n) is 5.63. The molecule has 2 N–H and O–H groups in total. The van der Waals surface area contributed by atoms with Crippen LogP contribution in [0.15, 0.2) is 23.1 Å². The van der Waals surface area contributed by atoms with Crippen LogP contribution in [0.25, 0.3) is 0 Å². The maximum atomic E-state index is 12.3. The van der Waals surface area contributed by atoms with Gasteiger partial charge in [-0.15, -0.1) is 0 Å². The fraction of sp³-hybridized carbons (Fsp3) is 0.455. The number of sulfonamides is 1. The normalized spacial score (nSPS) is 12.7. The summed E-state index contributed by atoms with van der Waals surface area (Å²) in [6.45, 7) is 0.220. The van der Waals surface area contributed by atoms with Gasteiger partial charge < -0.3 is 10.5 Å². The van der Waals surface area contributed by atoms with E-state index < -0.39 is 22.7 Å². The van der Waals surface area contributed by atoms with E-state index in [0.717, 1.165) is 13.1 Å². The predicted octanol–water partition coefficient (Wildman–Crippen LogP) is 1.85. The van der Waals surface area contributed by atoms with Gasteiger partial charge in [0.05, 0.1) is 6.61 Å². The van der Waals surface area contributed by atoms with Crippen molar-refractivity contribution < 1.29 is 26.3 Å². The van der Waals surface area contributed by atoms with Crippen molar-refractivity contribution in [2.75, 3.05) is 25.9 Å². The van der Waals surface area contributed by atoms with E-state index >= 15 is 0 Å². The highest BCUT2D eigenvalue weighted by Gasteiger charge is 2.36. The van der Waals surface area contributed by atoms with Gasteiger partial charge in [0.1, 0.15) is 17.2 Å². The molecular weight excluding hydrogens is 297 g/mol. The lowest BCUT2D eigenvalue weighted by Gasteiger charge is -2.20. The number of hydrogen-bond acceptors (Lipinski definition) is 4. The zero-order valence-electron chi connectivity index (χ0n) is 10.9. The summed E-state index contributed by atoms with van der Waals surface area (Å²) in [5, 5.41) is 0. The largest absolute Gasteiger partial charge is 0.492 e. The molecule has 0 aliphatic rings. The molecule has 0 bridgehead atoms. The average molecular weight is 312 g/mol. The molecule has 20 heavy (non-hydrogen) atoms. The number of nitrogens with zero attached hydrogens (tertiary/aromatic N) is 1. The van der Waals surface area contributed by atoms with Crippen LogP contribution in [-0.4, -0.2) is 39.1 Å². The lowest BCUT2D eigenvalue weighted by atomic mass is 10.3. The van der Waals surface area contributed by atoms with Crippen LogP contribution in [-0.2, 0) is 10.0 Å². The Morgan fingerprint density at radius 3 is 2.45 bits per heavy atom. The second-order valence-electron chi connectivity index (χ2n) is 4.02. The third kappa shape index (κ3) is 4.01. The predicted molar refractivity (Wildman–Crippen MR) is 67.9 cm³/mol. The molecule has 1 rings (SSSR count). The molecular formula is C11H15F3N2O3S. The van der Waals surface area contributed by atoms with Gasteiger partial charge in [0, 0.05) is 12.7 Å². The number of benzene rings is 1. The summed E-state index contributed by atoms with van der Waals surface area (Å²) < 4.78 is 66.6. The Labute approximate surface area is 115 Å². The second-order valence-corrected chi connectivity index (χ2v) is 6.03. The van der Waals surface area contributed by atoms with Crippen molar-refractivity contribution in [2.24, 2.45) is 0 Å². The minimum atomic E-state index is -4.63. The number of alkyl halides is 3. The van der Waals surface area contributed by atoms with E-state index in [1.807, 2.05) is 0 Å². The summed E-state index contributed by atoms with van der Waals surface area (Å²) in [7, 11) is -3.49. The van der Waals surface area contributed by atoms with Gasteiger partial charge in [0.25, 0.3) is 0 Å². The molecule has 0 aromatic heterocycles. The van der Waals surface area contributed by atoms with Crippen molar-refractivity contribution in [3.05, 3.63) is 18.2 Å². The second kappa shape index (κ2) is 5.88. The summed E-state index contributed by atoms with van der Waals surface area (Å²) in [6.07, 6.45) is -4.63. The van der Waals surface area contributed by atoms with E-state index in [1.165, 1.54) is 12.1 Å². The highest BCUT2D eigenvalue weighted by molar-refractivity contribution is 7.89. The maximum absolute atomic E-state index is 12.3. The van der Waals surface area contributed by atoms with Gasteiger partial charge in [-0.25, -0.2) is 8.42 Å². The molecule has 0 amide bonds. The molecule has 0 unspecified atom stereocenters.